The summed E-state index contributed by atoms with van der Waals surface area (Å²) in [5, 5.41) is 2.50. The molecule has 2 N–H and O–H groups in total. The topological polar surface area (TPSA) is 164 Å². The number of nitrogens with zero attached hydrogens (tertiary/aromatic N) is 1. The van der Waals surface area contributed by atoms with Crippen LogP contribution in [0.25, 0.3) is 0 Å². The smallest absolute Gasteiger partial charge is 0.459 e. The molecule has 2 aromatic rings. The summed E-state index contributed by atoms with van der Waals surface area (Å²) in [6, 6.07) is 4.55. The molecule has 0 fully saturated rings. The van der Waals surface area contributed by atoms with Gasteiger partial charge in [-0.05, 0) is 44.2 Å². The molecule has 2 heterocycles. The lowest BCUT2D eigenvalue weighted by Crippen LogP contribution is -2.35. The van der Waals surface area contributed by atoms with Crippen LogP contribution in [0.1, 0.15) is 29.1 Å². The number of aromatic amines is 1. The first-order chi connectivity index (χ1) is 17.0. The van der Waals surface area contributed by atoms with Gasteiger partial charge in [-0.2, -0.15) is 5.09 Å². The molecular formula is C22H26N3O10P. The Bertz CT molecular complexity index is 1300. The second-order valence-electron chi connectivity index (χ2n) is 7.70. The maximum atomic E-state index is 13.5. The Morgan fingerprint density at radius 1 is 1.17 bits per heavy atom. The van der Waals surface area contributed by atoms with Crippen LogP contribution in [-0.4, -0.2) is 54.5 Å². The van der Waals surface area contributed by atoms with E-state index in [1.54, 1.807) is 19.1 Å². The first-order valence-electron chi connectivity index (χ1n) is 10.7. The van der Waals surface area contributed by atoms with Gasteiger partial charge in [-0.1, -0.05) is 6.08 Å². The average molecular weight is 523 g/mol. The molecule has 0 bridgehead atoms. The molecule has 0 radical (unpaired) electrons. The molecule has 36 heavy (non-hydrogen) atoms. The summed E-state index contributed by atoms with van der Waals surface area (Å²) in [5.74, 6) is -1.17. The number of rotatable bonds is 10. The molecule has 1 aliphatic heterocycles. The number of benzene rings is 1. The highest BCUT2D eigenvalue weighted by atomic mass is 31.2. The van der Waals surface area contributed by atoms with Gasteiger partial charge in [0, 0.05) is 11.8 Å². The zero-order chi connectivity index (χ0) is 26.5. The highest BCUT2D eigenvalue weighted by Gasteiger charge is 2.34. The predicted molar refractivity (Wildman–Crippen MR) is 126 cm³/mol. The maximum absolute atomic E-state index is 13.5. The van der Waals surface area contributed by atoms with Crippen LogP contribution < -0.4 is 20.9 Å². The third-order valence-corrected chi connectivity index (χ3v) is 6.68. The van der Waals surface area contributed by atoms with Gasteiger partial charge in [0.1, 0.15) is 17.9 Å². The summed E-state index contributed by atoms with van der Waals surface area (Å²) in [5.41, 5.74) is -0.579. The highest BCUT2D eigenvalue weighted by molar-refractivity contribution is 7.52. The standard InChI is InChI=1S/C22H26N3O10P/c1-13-11-25(22(29)23-19(13)26)18-10-9-17(34-18)12-33-36(30,24-14(2)20(27)31-3)35-16-7-5-15(6-8-16)21(28)32-4/h5-11,14,17-18H,12H2,1-4H3,(H,24,30)(H,23,26,29)/t14?,17-,18+,36?/m0/s1. The van der Waals surface area contributed by atoms with Crippen molar-refractivity contribution in [3.05, 3.63) is 74.6 Å². The number of carbonyl (C=O) groups excluding carboxylic acids is 2. The molecule has 0 spiro atoms. The van der Waals surface area contributed by atoms with Crippen molar-refractivity contribution >= 4 is 19.7 Å². The summed E-state index contributed by atoms with van der Waals surface area (Å²) in [4.78, 5) is 49.4. The molecule has 1 aromatic heterocycles. The number of hydrogen-bond acceptors (Lipinski definition) is 10. The van der Waals surface area contributed by atoms with Gasteiger partial charge >= 0.3 is 25.4 Å². The fraction of sp³-hybridized carbons (Fsp3) is 0.364. The van der Waals surface area contributed by atoms with Crippen LogP contribution in [0, 0.1) is 6.92 Å². The Labute approximate surface area is 205 Å². The van der Waals surface area contributed by atoms with Crippen LogP contribution in [0.5, 0.6) is 5.75 Å². The van der Waals surface area contributed by atoms with Crippen LogP contribution in [0.2, 0.25) is 0 Å². The van der Waals surface area contributed by atoms with Gasteiger partial charge in [0.05, 0.1) is 26.4 Å². The van der Waals surface area contributed by atoms with E-state index in [4.69, 9.17) is 13.8 Å². The molecule has 1 aliphatic rings. The molecule has 0 saturated carbocycles. The lowest BCUT2D eigenvalue weighted by molar-refractivity contribution is -0.142. The number of methoxy groups -OCH3 is 2. The number of H-pyrrole nitrogens is 1. The second-order valence-corrected chi connectivity index (χ2v) is 9.40. The Kier molecular flexibility index (Phi) is 8.64. The Balaban J connectivity index is 1.72. The lowest BCUT2D eigenvalue weighted by Gasteiger charge is -2.24. The fourth-order valence-corrected chi connectivity index (χ4v) is 4.66. The van der Waals surface area contributed by atoms with Crippen molar-refractivity contribution in [1.29, 1.82) is 0 Å². The SMILES string of the molecule is COC(=O)c1ccc(OP(=O)(NC(C)C(=O)OC)OC[C@@H]2C=C[C@H](n3cc(C)c(=O)[nH]c3=O)O2)cc1. The Morgan fingerprint density at radius 3 is 2.50 bits per heavy atom. The van der Waals surface area contributed by atoms with Crippen molar-refractivity contribution in [2.75, 3.05) is 20.8 Å². The summed E-state index contributed by atoms with van der Waals surface area (Å²) >= 11 is 0. The first-order valence-corrected chi connectivity index (χ1v) is 12.2. The van der Waals surface area contributed by atoms with E-state index in [2.05, 4.69) is 19.5 Å². The van der Waals surface area contributed by atoms with E-state index in [1.807, 2.05) is 0 Å². The largest absolute Gasteiger partial charge is 0.468 e. The quantitative estimate of drug-likeness (QED) is 0.263. The first kappa shape index (κ1) is 27.1. The van der Waals surface area contributed by atoms with E-state index >= 15 is 0 Å². The van der Waals surface area contributed by atoms with Gasteiger partial charge in [0.15, 0.2) is 6.23 Å². The monoisotopic (exact) mass is 523 g/mol. The lowest BCUT2D eigenvalue weighted by atomic mass is 10.2. The number of hydrogen-bond donors (Lipinski definition) is 2. The Hall–Kier alpha value is -3.51. The highest BCUT2D eigenvalue weighted by Crippen LogP contribution is 2.45. The van der Waals surface area contributed by atoms with Gasteiger partial charge in [0.2, 0.25) is 0 Å². The fourth-order valence-electron chi connectivity index (χ4n) is 3.15. The number of esters is 2. The molecule has 0 saturated heterocycles. The number of aryl methyl sites for hydroxylation is 1. The van der Waals surface area contributed by atoms with Crippen LogP contribution in [0.4, 0.5) is 0 Å². The van der Waals surface area contributed by atoms with Crippen LogP contribution >= 0.6 is 7.75 Å². The van der Waals surface area contributed by atoms with E-state index in [1.165, 1.54) is 56.2 Å². The molecule has 2 unspecified atom stereocenters. The third-order valence-electron chi connectivity index (χ3n) is 5.04. The molecule has 1 aromatic carbocycles. The normalized spacial score (nSPS) is 19.3. The number of nitrogens with one attached hydrogen (secondary N) is 2. The summed E-state index contributed by atoms with van der Waals surface area (Å²) in [6.07, 6.45) is 2.98. The minimum atomic E-state index is -4.18. The van der Waals surface area contributed by atoms with Gasteiger partial charge in [0.25, 0.3) is 5.56 Å². The average Bonchev–Trinajstić information content (AvgIpc) is 3.33. The molecule has 13 nitrogen and oxygen atoms in total. The van der Waals surface area contributed by atoms with Crippen LogP contribution in [-0.2, 0) is 28.1 Å². The third kappa shape index (κ3) is 6.58. The number of carbonyl (C=O) groups is 2. The van der Waals surface area contributed by atoms with E-state index < -0.39 is 49.3 Å². The van der Waals surface area contributed by atoms with Crippen molar-refractivity contribution in [3.63, 3.8) is 0 Å². The minimum Gasteiger partial charge on any atom is -0.468 e. The van der Waals surface area contributed by atoms with E-state index in [0.29, 0.717) is 5.56 Å². The molecule has 0 aliphatic carbocycles. The van der Waals surface area contributed by atoms with E-state index in [0.717, 1.165) is 0 Å². The predicted octanol–water partition coefficient (Wildman–Crippen LogP) is 1.44. The van der Waals surface area contributed by atoms with E-state index in [9.17, 15) is 23.7 Å². The van der Waals surface area contributed by atoms with Crippen LogP contribution in [0.3, 0.4) is 0 Å². The van der Waals surface area contributed by atoms with Crippen molar-refractivity contribution in [2.24, 2.45) is 0 Å². The van der Waals surface area contributed by atoms with Crippen molar-refractivity contribution in [1.82, 2.24) is 14.6 Å². The van der Waals surface area contributed by atoms with Gasteiger partial charge in [-0.15, -0.1) is 0 Å². The second kappa shape index (κ2) is 11.5. The van der Waals surface area contributed by atoms with Gasteiger partial charge in [-0.3, -0.25) is 23.7 Å². The zero-order valence-corrected chi connectivity index (χ0v) is 20.9. The molecule has 4 atom stereocenters. The van der Waals surface area contributed by atoms with Gasteiger partial charge in [-0.25, -0.2) is 14.2 Å². The summed E-state index contributed by atoms with van der Waals surface area (Å²) in [7, 11) is -1.76. The van der Waals surface area contributed by atoms with Gasteiger partial charge < -0.3 is 18.7 Å². The van der Waals surface area contributed by atoms with E-state index in [-0.39, 0.29) is 17.9 Å². The molecule has 14 heteroatoms. The van der Waals surface area contributed by atoms with Crippen molar-refractivity contribution in [2.45, 2.75) is 32.2 Å². The maximum Gasteiger partial charge on any atom is 0.459 e. The number of aromatic nitrogens is 2. The molecular weight excluding hydrogens is 497 g/mol. The summed E-state index contributed by atoms with van der Waals surface area (Å²) in [6.45, 7) is 2.69. The minimum absolute atomic E-state index is 0.0894. The Morgan fingerprint density at radius 2 is 1.86 bits per heavy atom. The van der Waals surface area contributed by atoms with Crippen molar-refractivity contribution < 1.29 is 37.4 Å². The van der Waals surface area contributed by atoms with Crippen LogP contribution in [0.15, 0.2) is 52.2 Å². The van der Waals surface area contributed by atoms with Crippen molar-refractivity contribution in [3.8, 4) is 5.75 Å². The molecule has 0 amide bonds. The molecule has 194 valence electrons. The number of ether oxygens (including phenoxy) is 3. The molecule has 3 rings (SSSR count). The summed E-state index contributed by atoms with van der Waals surface area (Å²) < 4.78 is 40.8. The zero-order valence-electron chi connectivity index (χ0n) is 20.0.